The SMILES string of the molecule is Cc1csc(NC(=O)CSc2ncc(-c3cccc([N+](=O)[O-])c3)n2-c2ccc(Cl)cc2)n1. The van der Waals surface area contributed by atoms with Crippen molar-refractivity contribution >= 4 is 51.4 Å². The van der Waals surface area contributed by atoms with Gasteiger partial charge in [0.15, 0.2) is 10.3 Å². The second kappa shape index (κ2) is 9.51. The number of halogens is 1. The number of nitrogens with one attached hydrogen (secondary N) is 1. The maximum atomic E-state index is 12.4. The predicted molar refractivity (Wildman–Crippen MR) is 127 cm³/mol. The Hall–Kier alpha value is -3.21. The Morgan fingerprint density at radius 3 is 2.75 bits per heavy atom. The molecular weight excluding hydrogens is 470 g/mol. The van der Waals surface area contributed by atoms with Crippen LogP contribution in [0.15, 0.2) is 65.3 Å². The van der Waals surface area contributed by atoms with Crippen molar-refractivity contribution in [3.05, 3.63) is 80.9 Å². The molecular formula is C21H16ClN5O3S2. The van der Waals surface area contributed by atoms with Crippen LogP contribution in [0.1, 0.15) is 5.69 Å². The van der Waals surface area contributed by atoms with Crippen LogP contribution in [0, 0.1) is 17.0 Å². The van der Waals surface area contributed by atoms with E-state index in [0.717, 1.165) is 11.4 Å². The lowest BCUT2D eigenvalue weighted by Crippen LogP contribution is -2.14. The molecule has 0 aliphatic carbocycles. The summed E-state index contributed by atoms with van der Waals surface area (Å²) in [4.78, 5) is 31.9. The van der Waals surface area contributed by atoms with Crippen LogP contribution in [-0.4, -0.2) is 31.1 Å². The summed E-state index contributed by atoms with van der Waals surface area (Å²) < 4.78 is 1.85. The van der Waals surface area contributed by atoms with Gasteiger partial charge in [-0.1, -0.05) is 35.5 Å². The highest BCUT2D eigenvalue weighted by atomic mass is 35.5. The van der Waals surface area contributed by atoms with Crippen molar-refractivity contribution in [3.63, 3.8) is 0 Å². The second-order valence-corrected chi connectivity index (χ2v) is 8.91. The minimum absolute atomic E-state index is 0.0151. The first kappa shape index (κ1) is 22.0. The Labute approximate surface area is 196 Å². The van der Waals surface area contributed by atoms with Crippen LogP contribution in [-0.2, 0) is 4.79 Å². The van der Waals surface area contributed by atoms with Crippen molar-refractivity contribution < 1.29 is 9.72 Å². The molecule has 1 amide bonds. The van der Waals surface area contributed by atoms with Crippen molar-refractivity contribution in [2.24, 2.45) is 0 Å². The number of benzene rings is 2. The van der Waals surface area contributed by atoms with Crippen LogP contribution in [0.25, 0.3) is 16.9 Å². The minimum Gasteiger partial charge on any atom is -0.301 e. The number of imidazole rings is 1. The number of rotatable bonds is 7. The highest BCUT2D eigenvalue weighted by Gasteiger charge is 2.18. The van der Waals surface area contributed by atoms with E-state index in [1.807, 2.05) is 29.0 Å². The van der Waals surface area contributed by atoms with Crippen LogP contribution in [0.3, 0.4) is 0 Å². The van der Waals surface area contributed by atoms with Crippen molar-refractivity contribution in [1.82, 2.24) is 14.5 Å². The monoisotopic (exact) mass is 485 g/mol. The smallest absolute Gasteiger partial charge is 0.270 e. The minimum atomic E-state index is -0.438. The first-order chi connectivity index (χ1) is 15.4. The van der Waals surface area contributed by atoms with Gasteiger partial charge in [-0.2, -0.15) is 0 Å². The van der Waals surface area contributed by atoms with Crippen LogP contribution >= 0.6 is 34.7 Å². The summed E-state index contributed by atoms with van der Waals surface area (Å²) in [6.45, 7) is 1.86. The molecule has 0 radical (unpaired) electrons. The van der Waals surface area contributed by atoms with E-state index in [-0.39, 0.29) is 17.3 Å². The van der Waals surface area contributed by atoms with Gasteiger partial charge >= 0.3 is 0 Å². The topological polar surface area (TPSA) is 103 Å². The van der Waals surface area contributed by atoms with Gasteiger partial charge < -0.3 is 5.32 Å². The van der Waals surface area contributed by atoms with Gasteiger partial charge in [-0.05, 0) is 31.2 Å². The maximum Gasteiger partial charge on any atom is 0.270 e. The molecule has 1 N–H and O–H groups in total. The number of nitro benzene ring substituents is 1. The summed E-state index contributed by atoms with van der Waals surface area (Å²) in [5.41, 5.74) is 2.90. The number of nitro groups is 1. The number of aromatic nitrogens is 3. The van der Waals surface area contributed by atoms with Gasteiger partial charge in [-0.15, -0.1) is 11.3 Å². The van der Waals surface area contributed by atoms with Gasteiger partial charge in [0.05, 0.1) is 28.3 Å². The quantitative estimate of drug-likeness (QED) is 0.208. The van der Waals surface area contributed by atoms with Crippen LogP contribution in [0.4, 0.5) is 10.8 Å². The first-order valence-electron chi connectivity index (χ1n) is 9.34. The molecule has 0 bridgehead atoms. The van der Waals surface area contributed by atoms with E-state index in [4.69, 9.17) is 11.6 Å². The predicted octanol–water partition coefficient (Wildman–Crippen LogP) is 5.60. The molecule has 4 rings (SSSR count). The largest absolute Gasteiger partial charge is 0.301 e. The number of anilines is 1. The van der Waals surface area contributed by atoms with Crippen LogP contribution in [0.5, 0.6) is 0 Å². The fourth-order valence-corrected chi connectivity index (χ4v) is 4.58. The highest BCUT2D eigenvalue weighted by molar-refractivity contribution is 7.99. The third-order valence-electron chi connectivity index (χ3n) is 4.36. The fourth-order valence-electron chi connectivity index (χ4n) is 2.96. The van der Waals surface area contributed by atoms with E-state index in [9.17, 15) is 14.9 Å². The van der Waals surface area contributed by atoms with E-state index in [1.165, 1.54) is 35.2 Å². The molecule has 0 saturated heterocycles. The molecule has 2 aromatic carbocycles. The van der Waals surface area contributed by atoms with E-state index in [0.29, 0.717) is 26.6 Å². The number of thioether (sulfide) groups is 1. The second-order valence-electron chi connectivity index (χ2n) is 6.68. The van der Waals surface area contributed by atoms with Crippen molar-refractivity contribution in [2.45, 2.75) is 12.1 Å². The molecule has 0 saturated carbocycles. The molecule has 11 heteroatoms. The van der Waals surface area contributed by atoms with Crippen molar-refractivity contribution in [2.75, 3.05) is 11.1 Å². The standard InChI is InChI=1S/C21H16ClN5O3S2/c1-13-11-31-20(24-13)25-19(28)12-32-21-23-10-18(14-3-2-4-17(9-14)27(29)30)26(21)16-7-5-15(22)6-8-16/h2-11H,12H2,1H3,(H,24,25,28). The molecule has 0 aliphatic heterocycles. The molecule has 8 nitrogen and oxygen atoms in total. The first-order valence-corrected chi connectivity index (χ1v) is 11.6. The Bertz CT molecular complexity index is 1290. The van der Waals surface area contributed by atoms with E-state index < -0.39 is 4.92 Å². The highest BCUT2D eigenvalue weighted by Crippen LogP contribution is 2.32. The van der Waals surface area contributed by atoms with Gasteiger partial charge in [-0.3, -0.25) is 19.5 Å². The third kappa shape index (κ3) is 4.98. The van der Waals surface area contributed by atoms with Crippen LogP contribution < -0.4 is 5.32 Å². The number of nitrogens with zero attached hydrogens (tertiary/aromatic N) is 4. The van der Waals surface area contributed by atoms with E-state index in [1.54, 1.807) is 30.5 Å². The van der Waals surface area contributed by atoms with Gasteiger partial charge in [0, 0.05) is 33.8 Å². The maximum absolute atomic E-state index is 12.4. The summed E-state index contributed by atoms with van der Waals surface area (Å²) in [5.74, 6) is -0.0793. The number of carbonyl (C=O) groups excluding carboxylic acids is 1. The zero-order valence-corrected chi connectivity index (χ0v) is 19.1. The molecule has 0 atom stereocenters. The molecule has 0 spiro atoms. The summed E-state index contributed by atoms with van der Waals surface area (Å²) in [7, 11) is 0. The lowest BCUT2D eigenvalue weighted by Gasteiger charge is -2.12. The lowest BCUT2D eigenvalue weighted by atomic mass is 10.1. The number of hydrogen-bond donors (Lipinski definition) is 1. The third-order valence-corrected chi connectivity index (χ3v) is 6.45. The lowest BCUT2D eigenvalue weighted by molar-refractivity contribution is -0.384. The van der Waals surface area contributed by atoms with Gasteiger partial charge in [0.1, 0.15) is 0 Å². The van der Waals surface area contributed by atoms with Crippen molar-refractivity contribution in [3.8, 4) is 16.9 Å². The average Bonchev–Trinajstić information content (AvgIpc) is 3.39. The molecule has 162 valence electrons. The van der Waals surface area contributed by atoms with Crippen LogP contribution in [0.2, 0.25) is 5.02 Å². The van der Waals surface area contributed by atoms with Gasteiger partial charge in [0.2, 0.25) is 5.91 Å². The van der Waals surface area contributed by atoms with Gasteiger partial charge in [-0.25, -0.2) is 9.97 Å². The molecule has 0 fully saturated rings. The van der Waals surface area contributed by atoms with E-state index in [2.05, 4.69) is 15.3 Å². The number of non-ortho nitro benzene ring substituents is 1. The summed E-state index contributed by atoms with van der Waals surface area (Å²) >= 11 is 8.67. The number of amides is 1. The molecule has 32 heavy (non-hydrogen) atoms. The molecule has 4 aromatic rings. The number of thiazole rings is 1. The molecule has 0 unspecified atom stereocenters. The summed E-state index contributed by atoms with van der Waals surface area (Å²) in [6, 6.07) is 13.5. The Morgan fingerprint density at radius 2 is 2.06 bits per heavy atom. The van der Waals surface area contributed by atoms with Gasteiger partial charge in [0.25, 0.3) is 5.69 Å². The summed E-state index contributed by atoms with van der Waals surface area (Å²) in [6.07, 6.45) is 1.64. The summed E-state index contributed by atoms with van der Waals surface area (Å²) in [5, 5.41) is 17.6. The van der Waals surface area contributed by atoms with E-state index >= 15 is 0 Å². The Balaban J connectivity index is 1.65. The normalized spacial score (nSPS) is 10.8. The average molecular weight is 486 g/mol. The zero-order valence-electron chi connectivity index (χ0n) is 16.7. The number of aryl methyl sites for hydroxylation is 1. The molecule has 2 aromatic heterocycles. The van der Waals surface area contributed by atoms with Crippen molar-refractivity contribution in [1.29, 1.82) is 0 Å². The number of hydrogen-bond acceptors (Lipinski definition) is 7. The number of carbonyl (C=O) groups is 1. The molecule has 0 aliphatic rings. The fraction of sp³-hybridized carbons (Fsp3) is 0.0952. The Morgan fingerprint density at radius 1 is 1.28 bits per heavy atom. The molecule has 2 heterocycles. The Kier molecular flexibility index (Phi) is 6.54. The zero-order chi connectivity index (χ0) is 22.7.